The number of hydrogen-bond donors (Lipinski definition) is 2. The highest BCUT2D eigenvalue weighted by molar-refractivity contribution is 5.95. The average Bonchev–Trinajstić information content (AvgIpc) is 2.45. The highest BCUT2D eigenvalue weighted by Gasteiger charge is 2.25. The lowest BCUT2D eigenvalue weighted by atomic mass is 9.80. The van der Waals surface area contributed by atoms with Crippen LogP contribution in [0.25, 0.3) is 0 Å². The summed E-state index contributed by atoms with van der Waals surface area (Å²) in [6, 6.07) is 4.29. The van der Waals surface area contributed by atoms with Crippen LogP contribution in [-0.2, 0) is 0 Å². The zero-order valence-electron chi connectivity index (χ0n) is 11.5. The molecule has 1 fully saturated rings. The van der Waals surface area contributed by atoms with Gasteiger partial charge in [-0.3, -0.25) is 4.79 Å². The van der Waals surface area contributed by atoms with E-state index < -0.39 is 11.7 Å². The topological polar surface area (TPSA) is 78.3 Å². The molecule has 1 saturated carbocycles. The van der Waals surface area contributed by atoms with Crippen LogP contribution in [0.3, 0.4) is 0 Å². The number of carbonyl (C=O) groups excluding carboxylic acids is 1. The van der Waals surface area contributed by atoms with Crippen LogP contribution in [0, 0.1) is 17.7 Å². The maximum atomic E-state index is 13.6. The lowest BCUT2D eigenvalue weighted by Crippen LogP contribution is -2.31. The monoisotopic (exact) mass is 280 g/mol. The van der Waals surface area contributed by atoms with Crippen molar-refractivity contribution in [1.82, 2.24) is 0 Å². The lowest BCUT2D eigenvalue weighted by Gasteiger charge is -2.30. The Balaban J connectivity index is 2.07. The summed E-state index contributed by atoms with van der Waals surface area (Å²) in [6.45, 7) is 1.09. The lowest BCUT2D eigenvalue weighted by molar-refractivity contribution is 0.0987. The molecule has 1 aliphatic carbocycles. The van der Waals surface area contributed by atoms with Gasteiger partial charge in [-0.25, -0.2) is 4.39 Å². The molecule has 1 aliphatic rings. The van der Waals surface area contributed by atoms with Crippen molar-refractivity contribution >= 4 is 5.91 Å². The van der Waals surface area contributed by atoms with Crippen molar-refractivity contribution in [1.29, 1.82) is 0 Å². The molecule has 0 radical (unpaired) electrons. The van der Waals surface area contributed by atoms with E-state index >= 15 is 0 Å². The second kappa shape index (κ2) is 6.70. The molecule has 0 bridgehead atoms. The predicted octanol–water partition coefficient (Wildman–Crippen LogP) is 2.07. The summed E-state index contributed by atoms with van der Waals surface area (Å²) in [5.41, 5.74) is 10.8. The third kappa shape index (κ3) is 3.28. The molecule has 4 nitrogen and oxygen atoms in total. The fraction of sp³-hybridized carbons (Fsp3) is 0.533. The van der Waals surface area contributed by atoms with E-state index in [-0.39, 0.29) is 11.3 Å². The van der Waals surface area contributed by atoms with Gasteiger partial charge in [0.1, 0.15) is 17.1 Å². The fourth-order valence-electron chi connectivity index (χ4n) is 2.87. The van der Waals surface area contributed by atoms with Crippen molar-refractivity contribution in [3.63, 3.8) is 0 Å². The first-order chi connectivity index (χ1) is 9.63. The zero-order chi connectivity index (χ0) is 14.5. The minimum atomic E-state index is -0.808. The van der Waals surface area contributed by atoms with Crippen LogP contribution < -0.4 is 16.2 Å². The van der Waals surface area contributed by atoms with Crippen LogP contribution in [-0.4, -0.2) is 19.1 Å². The van der Waals surface area contributed by atoms with Crippen LogP contribution in [0.2, 0.25) is 0 Å². The predicted molar refractivity (Wildman–Crippen MR) is 74.9 cm³/mol. The van der Waals surface area contributed by atoms with Crippen molar-refractivity contribution in [2.75, 3.05) is 13.2 Å². The number of carbonyl (C=O) groups is 1. The van der Waals surface area contributed by atoms with Gasteiger partial charge in [-0.05, 0) is 43.4 Å². The summed E-state index contributed by atoms with van der Waals surface area (Å²) >= 11 is 0. The van der Waals surface area contributed by atoms with E-state index in [0.717, 1.165) is 19.3 Å². The summed E-state index contributed by atoms with van der Waals surface area (Å²) < 4.78 is 19.3. The number of benzene rings is 1. The van der Waals surface area contributed by atoms with Crippen molar-refractivity contribution in [2.24, 2.45) is 23.3 Å². The van der Waals surface area contributed by atoms with Crippen molar-refractivity contribution in [2.45, 2.75) is 25.7 Å². The molecule has 4 N–H and O–H groups in total. The first-order valence-electron chi connectivity index (χ1n) is 7.04. The van der Waals surface area contributed by atoms with Crippen LogP contribution in [0.4, 0.5) is 4.39 Å². The molecule has 5 heteroatoms. The summed E-state index contributed by atoms with van der Waals surface area (Å²) in [5.74, 6) is -0.433. The molecule has 0 saturated heterocycles. The number of primary amides is 1. The minimum absolute atomic E-state index is 0.174. The van der Waals surface area contributed by atoms with Crippen LogP contribution in [0.15, 0.2) is 18.2 Å². The number of ether oxygens (including phenoxy) is 1. The van der Waals surface area contributed by atoms with E-state index in [9.17, 15) is 9.18 Å². The highest BCUT2D eigenvalue weighted by Crippen LogP contribution is 2.30. The molecule has 2 unspecified atom stereocenters. The third-order valence-corrected chi connectivity index (χ3v) is 4.04. The van der Waals surface area contributed by atoms with E-state index in [1.807, 2.05) is 0 Å². The van der Waals surface area contributed by atoms with Gasteiger partial charge in [0, 0.05) is 0 Å². The Bertz CT molecular complexity index is 479. The molecule has 1 amide bonds. The maximum Gasteiger partial charge on any atom is 0.255 e. The zero-order valence-corrected chi connectivity index (χ0v) is 11.5. The standard InChI is InChI=1S/C15H21FN2O2/c16-12-6-3-7-13(14(12)15(18)19)20-9-11-5-2-1-4-10(11)8-17/h3,6-7,10-11H,1-2,4-5,8-9,17H2,(H2,18,19). The second-order valence-corrected chi connectivity index (χ2v) is 5.33. The maximum absolute atomic E-state index is 13.6. The molecular weight excluding hydrogens is 259 g/mol. The summed E-state index contributed by atoms with van der Waals surface area (Å²) in [5, 5.41) is 0. The highest BCUT2D eigenvalue weighted by atomic mass is 19.1. The number of hydrogen-bond acceptors (Lipinski definition) is 3. The molecule has 110 valence electrons. The summed E-state index contributed by atoms with van der Waals surface area (Å²) in [6.07, 6.45) is 4.53. The van der Waals surface area contributed by atoms with Crippen LogP contribution in [0.1, 0.15) is 36.0 Å². The number of nitrogens with two attached hydrogens (primary N) is 2. The number of halogens is 1. The molecule has 2 atom stereocenters. The van der Waals surface area contributed by atoms with Gasteiger partial charge in [0.2, 0.25) is 0 Å². The SMILES string of the molecule is NCC1CCCCC1COc1cccc(F)c1C(N)=O. The Morgan fingerprint density at radius 2 is 2.00 bits per heavy atom. The fourth-order valence-corrected chi connectivity index (χ4v) is 2.87. The quantitative estimate of drug-likeness (QED) is 0.866. The van der Waals surface area contributed by atoms with Gasteiger partial charge in [-0.2, -0.15) is 0 Å². The van der Waals surface area contributed by atoms with Gasteiger partial charge in [-0.1, -0.05) is 18.9 Å². The minimum Gasteiger partial charge on any atom is -0.492 e. The second-order valence-electron chi connectivity index (χ2n) is 5.33. The molecule has 0 aromatic heterocycles. The van der Waals surface area contributed by atoms with E-state index in [0.29, 0.717) is 25.0 Å². The molecule has 0 heterocycles. The number of rotatable bonds is 5. The summed E-state index contributed by atoms with van der Waals surface area (Å²) in [4.78, 5) is 11.3. The molecule has 20 heavy (non-hydrogen) atoms. The van der Waals surface area contributed by atoms with Gasteiger partial charge in [0.15, 0.2) is 0 Å². The van der Waals surface area contributed by atoms with E-state index in [2.05, 4.69) is 0 Å². The van der Waals surface area contributed by atoms with Crippen LogP contribution >= 0.6 is 0 Å². The first-order valence-corrected chi connectivity index (χ1v) is 7.04. The van der Waals surface area contributed by atoms with Gasteiger partial charge < -0.3 is 16.2 Å². The molecule has 0 aliphatic heterocycles. The van der Waals surface area contributed by atoms with E-state index in [4.69, 9.17) is 16.2 Å². The Morgan fingerprint density at radius 3 is 2.65 bits per heavy atom. The van der Waals surface area contributed by atoms with Gasteiger partial charge in [-0.15, -0.1) is 0 Å². The third-order valence-electron chi connectivity index (χ3n) is 4.04. The largest absolute Gasteiger partial charge is 0.492 e. The van der Waals surface area contributed by atoms with Crippen molar-refractivity contribution in [3.05, 3.63) is 29.6 Å². The van der Waals surface area contributed by atoms with Crippen molar-refractivity contribution in [3.8, 4) is 5.75 Å². The molecular formula is C15H21FN2O2. The van der Waals surface area contributed by atoms with Gasteiger partial charge in [0.05, 0.1) is 6.61 Å². The number of amides is 1. The molecule has 1 aromatic carbocycles. The van der Waals surface area contributed by atoms with E-state index in [1.165, 1.54) is 18.6 Å². The van der Waals surface area contributed by atoms with Crippen molar-refractivity contribution < 1.29 is 13.9 Å². The first kappa shape index (κ1) is 14.8. The summed E-state index contributed by atoms with van der Waals surface area (Å²) in [7, 11) is 0. The average molecular weight is 280 g/mol. The Hall–Kier alpha value is -1.62. The Morgan fingerprint density at radius 1 is 1.30 bits per heavy atom. The smallest absolute Gasteiger partial charge is 0.255 e. The van der Waals surface area contributed by atoms with Crippen LogP contribution in [0.5, 0.6) is 5.75 Å². The van der Waals surface area contributed by atoms with Gasteiger partial charge >= 0.3 is 0 Å². The van der Waals surface area contributed by atoms with Gasteiger partial charge in [0.25, 0.3) is 5.91 Å². The molecule has 2 rings (SSSR count). The molecule has 1 aromatic rings. The Labute approximate surface area is 118 Å². The normalized spacial score (nSPS) is 22.5. The van der Waals surface area contributed by atoms with E-state index in [1.54, 1.807) is 6.07 Å². The Kier molecular flexibility index (Phi) is 4.95. The molecule has 0 spiro atoms.